The van der Waals surface area contributed by atoms with Gasteiger partial charge in [-0.1, -0.05) is 18.2 Å². The summed E-state index contributed by atoms with van der Waals surface area (Å²) in [5.74, 6) is 0.613. The Kier molecular flexibility index (Phi) is 5.81. The van der Waals surface area contributed by atoms with Crippen molar-refractivity contribution in [3.05, 3.63) is 35.4 Å². The van der Waals surface area contributed by atoms with E-state index in [0.717, 1.165) is 12.8 Å². The van der Waals surface area contributed by atoms with Crippen molar-refractivity contribution in [2.75, 3.05) is 13.1 Å². The molecule has 1 aromatic rings. The van der Waals surface area contributed by atoms with Crippen LogP contribution < -0.4 is 5.73 Å². The number of amides is 1. The molecule has 134 valence electrons. The van der Waals surface area contributed by atoms with E-state index in [0.29, 0.717) is 36.1 Å². The molecule has 2 fully saturated rings. The molecule has 0 aromatic heterocycles. The third kappa shape index (κ3) is 4.03. The molecule has 0 radical (unpaired) electrons. The average molecular weight is 363 g/mol. The van der Waals surface area contributed by atoms with Crippen LogP contribution in [0.1, 0.15) is 35.2 Å². The summed E-state index contributed by atoms with van der Waals surface area (Å²) in [6, 6.07) is 6.76. The molecule has 0 bridgehead atoms. The van der Waals surface area contributed by atoms with Crippen molar-refractivity contribution >= 4 is 18.3 Å². The maximum absolute atomic E-state index is 12.7. The van der Waals surface area contributed by atoms with Crippen LogP contribution in [0.15, 0.2) is 24.3 Å². The molecule has 3 rings (SSSR count). The van der Waals surface area contributed by atoms with Crippen LogP contribution in [-0.4, -0.2) is 36.1 Å². The summed E-state index contributed by atoms with van der Waals surface area (Å²) in [5.41, 5.74) is 6.95. The van der Waals surface area contributed by atoms with Crippen LogP contribution in [0.5, 0.6) is 0 Å². The Labute approximate surface area is 145 Å². The second kappa shape index (κ2) is 7.31. The molecule has 3 unspecified atom stereocenters. The quantitative estimate of drug-likeness (QED) is 0.895. The summed E-state index contributed by atoms with van der Waals surface area (Å²) in [7, 11) is 0. The molecule has 1 aromatic carbocycles. The van der Waals surface area contributed by atoms with Crippen molar-refractivity contribution in [3.63, 3.8) is 0 Å². The zero-order valence-electron chi connectivity index (χ0n) is 13.3. The fourth-order valence-corrected chi connectivity index (χ4v) is 3.87. The van der Waals surface area contributed by atoms with E-state index in [9.17, 15) is 18.0 Å². The van der Waals surface area contributed by atoms with Crippen LogP contribution in [0, 0.1) is 11.8 Å². The first-order chi connectivity index (χ1) is 10.8. The van der Waals surface area contributed by atoms with Gasteiger partial charge in [-0.3, -0.25) is 4.79 Å². The minimum absolute atomic E-state index is 0. The fourth-order valence-electron chi connectivity index (χ4n) is 3.87. The third-order valence-electron chi connectivity index (χ3n) is 5.13. The number of nitrogens with zero attached hydrogens (tertiary/aromatic N) is 1. The van der Waals surface area contributed by atoms with Gasteiger partial charge in [0.05, 0.1) is 0 Å². The van der Waals surface area contributed by atoms with Gasteiger partial charge in [0.15, 0.2) is 0 Å². The number of aryl methyl sites for hydroxylation is 1. The SMILES string of the molecule is Cl.NC1CCC2CN(C(=O)c3ccccc3CCC(F)(F)F)CC12. The van der Waals surface area contributed by atoms with Gasteiger partial charge in [-0.15, -0.1) is 12.4 Å². The molecule has 1 aliphatic heterocycles. The van der Waals surface area contributed by atoms with Crippen LogP contribution in [-0.2, 0) is 6.42 Å². The van der Waals surface area contributed by atoms with Gasteiger partial charge in [-0.2, -0.15) is 13.2 Å². The van der Waals surface area contributed by atoms with Crippen LogP contribution in [0.25, 0.3) is 0 Å². The van der Waals surface area contributed by atoms with E-state index in [2.05, 4.69) is 0 Å². The lowest BCUT2D eigenvalue weighted by molar-refractivity contribution is -0.134. The Bertz CT molecular complexity index is 593. The Morgan fingerprint density at radius 1 is 1.21 bits per heavy atom. The van der Waals surface area contributed by atoms with Crippen LogP contribution in [0.4, 0.5) is 13.2 Å². The number of benzene rings is 1. The smallest absolute Gasteiger partial charge is 0.338 e. The van der Waals surface area contributed by atoms with E-state index in [4.69, 9.17) is 5.73 Å². The first-order valence-corrected chi connectivity index (χ1v) is 8.04. The van der Waals surface area contributed by atoms with E-state index in [1.54, 1.807) is 29.2 Å². The lowest BCUT2D eigenvalue weighted by Gasteiger charge is -2.20. The standard InChI is InChI=1S/C17H21F3N2O.ClH/c18-17(19,20)8-7-11-3-1-2-4-13(11)16(23)22-9-12-5-6-15(21)14(12)10-22;/h1-4,12,14-15H,5-10,21H2;1H. The molecular formula is C17H22ClF3N2O. The Morgan fingerprint density at radius 2 is 1.92 bits per heavy atom. The third-order valence-corrected chi connectivity index (χ3v) is 5.13. The van der Waals surface area contributed by atoms with Crippen molar-refractivity contribution in [2.24, 2.45) is 17.6 Å². The van der Waals surface area contributed by atoms with Gasteiger partial charge in [0.1, 0.15) is 0 Å². The fraction of sp³-hybridized carbons (Fsp3) is 0.588. The number of hydrogen-bond donors (Lipinski definition) is 1. The lowest BCUT2D eigenvalue weighted by atomic mass is 9.98. The normalized spacial score (nSPS) is 26.2. The van der Waals surface area contributed by atoms with Gasteiger partial charge in [-0.05, 0) is 42.7 Å². The number of hydrogen-bond acceptors (Lipinski definition) is 2. The number of likely N-dealkylation sites (tertiary alicyclic amines) is 1. The average Bonchev–Trinajstić information content (AvgIpc) is 3.07. The summed E-state index contributed by atoms with van der Waals surface area (Å²) >= 11 is 0. The van der Waals surface area contributed by atoms with Crippen molar-refractivity contribution in [1.82, 2.24) is 4.90 Å². The highest BCUT2D eigenvalue weighted by Crippen LogP contribution is 2.37. The largest absolute Gasteiger partial charge is 0.389 e. The summed E-state index contributed by atoms with van der Waals surface area (Å²) in [6.45, 7) is 1.29. The van der Waals surface area contributed by atoms with E-state index >= 15 is 0 Å². The molecule has 1 heterocycles. The zero-order chi connectivity index (χ0) is 16.6. The number of alkyl halides is 3. The van der Waals surface area contributed by atoms with Crippen molar-refractivity contribution in [1.29, 1.82) is 0 Å². The van der Waals surface area contributed by atoms with Crippen molar-refractivity contribution in [2.45, 2.75) is 37.9 Å². The van der Waals surface area contributed by atoms with E-state index < -0.39 is 12.6 Å². The Morgan fingerprint density at radius 3 is 2.58 bits per heavy atom. The maximum atomic E-state index is 12.7. The monoisotopic (exact) mass is 362 g/mol. The van der Waals surface area contributed by atoms with E-state index in [1.165, 1.54) is 0 Å². The number of nitrogens with two attached hydrogens (primary N) is 1. The summed E-state index contributed by atoms with van der Waals surface area (Å²) < 4.78 is 37.4. The number of fused-ring (bicyclic) bond motifs is 1. The van der Waals surface area contributed by atoms with Crippen LogP contribution in [0.2, 0.25) is 0 Å². The second-order valence-electron chi connectivity index (χ2n) is 6.65. The summed E-state index contributed by atoms with van der Waals surface area (Å²) in [6.07, 6.45) is -3.25. The first-order valence-electron chi connectivity index (χ1n) is 8.04. The number of carbonyl (C=O) groups is 1. The minimum atomic E-state index is -4.21. The number of halogens is 4. The van der Waals surface area contributed by atoms with Gasteiger partial charge in [0.2, 0.25) is 0 Å². The van der Waals surface area contributed by atoms with E-state index in [-0.39, 0.29) is 30.8 Å². The molecule has 0 spiro atoms. The molecule has 3 nitrogen and oxygen atoms in total. The van der Waals surface area contributed by atoms with Crippen molar-refractivity contribution in [3.8, 4) is 0 Å². The number of carbonyl (C=O) groups excluding carboxylic acids is 1. The highest BCUT2D eigenvalue weighted by molar-refractivity contribution is 5.96. The van der Waals surface area contributed by atoms with Gasteiger partial charge < -0.3 is 10.6 Å². The molecule has 2 aliphatic rings. The summed E-state index contributed by atoms with van der Waals surface area (Å²) in [5, 5.41) is 0. The molecule has 1 saturated carbocycles. The molecule has 7 heteroatoms. The molecule has 1 aliphatic carbocycles. The molecule has 2 N–H and O–H groups in total. The van der Waals surface area contributed by atoms with Gasteiger partial charge in [-0.25, -0.2) is 0 Å². The topological polar surface area (TPSA) is 46.3 Å². The van der Waals surface area contributed by atoms with Crippen LogP contribution >= 0.6 is 12.4 Å². The molecule has 24 heavy (non-hydrogen) atoms. The Balaban J connectivity index is 0.00000208. The molecule has 1 amide bonds. The maximum Gasteiger partial charge on any atom is 0.389 e. The highest BCUT2D eigenvalue weighted by atomic mass is 35.5. The lowest BCUT2D eigenvalue weighted by Crippen LogP contribution is -2.34. The van der Waals surface area contributed by atoms with Gasteiger partial charge in [0.25, 0.3) is 5.91 Å². The van der Waals surface area contributed by atoms with Crippen LogP contribution in [0.3, 0.4) is 0 Å². The Hall–Kier alpha value is -1.27. The molecule has 1 saturated heterocycles. The highest BCUT2D eigenvalue weighted by Gasteiger charge is 2.42. The summed E-state index contributed by atoms with van der Waals surface area (Å²) in [4.78, 5) is 14.5. The molecular weight excluding hydrogens is 341 g/mol. The number of rotatable bonds is 3. The predicted molar refractivity (Wildman–Crippen MR) is 88.2 cm³/mol. The minimum Gasteiger partial charge on any atom is -0.338 e. The predicted octanol–water partition coefficient (Wildman–Crippen LogP) is 3.41. The van der Waals surface area contributed by atoms with Gasteiger partial charge >= 0.3 is 6.18 Å². The first kappa shape index (κ1) is 19.1. The van der Waals surface area contributed by atoms with Gasteiger partial charge in [0, 0.05) is 31.1 Å². The van der Waals surface area contributed by atoms with E-state index in [1.807, 2.05) is 0 Å². The zero-order valence-corrected chi connectivity index (χ0v) is 14.1. The van der Waals surface area contributed by atoms with Crippen molar-refractivity contribution < 1.29 is 18.0 Å². The second-order valence-corrected chi connectivity index (χ2v) is 6.65. The molecule has 3 atom stereocenters.